The van der Waals surface area contributed by atoms with Crippen LogP contribution in [0.1, 0.15) is 30.6 Å². The van der Waals surface area contributed by atoms with Crippen molar-refractivity contribution in [2.45, 2.75) is 20.3 Å². The zero-order valence-electron chi connectivity index (χ0n) is 12.3. The van der Waals surface area contributed by atoms with Crippen LogP contribution in [0.2, 0.25) is 0 Å². The van der Waals surface area contributed by atoms with E-state index in [0.29, 0.717) is 24.3 Å². The van der Waals surface area contributed by atoms with E-state index in [0.717, 1.165) is 12.0 Å². The Morgan fingerprint density at radius 2 is 1.81 bits per heavy atom. The summed E-state index contributed by atoms with van der Waals surface area (Å²) < 4.78 is 5.03. The van der Waals surface area contributed by atoms with E-state index in [1.54, 1.807) is 31.2 Å². The lowest BCUT2D eigenvalue weighted by atomic mass is 10.1. The predicted octanol–water partition coefficient (Wildman–Crippen LogP) is 2.34. The highest BCUT2D eigenvalue weighted by Crippen LogP contribution is 2.22. The molecule has 0 aromatic heterocycles. The highest BCUT2D eigenvalue weighted by Gasteiger charge is 2.29. The van der Waals surface area contributed by atoms with Crippen molar-refractivity contribution < 1.29 is 19.2 Å². The van der Waals surface area contributed by atoms with Crippen molar-refractivity contribution in [2.24, 2.45) is 0 Å². The van der Waals surface area contributed by atoms with Crippen LogP contribution in [0.4, 0.5) is 0 Å². The van der Waals surface area contributed by atoms with E-state index in [2.05, 4.69) is 0 Å². The quantitative estimate of drug-likeness (QED) is 0.779. The molecule has 21 heavy (non-hydrogen) atoms. The Morgan fingerprint density at radius 3 is 2.43 bits per heavy atom. The van der Waals surface area contributed by atoms with Gasteiger partial charge < -0.3 is 9.57 Å². The lowest BCUT2D eigenvalue weighted by Crippen LogP contribution is -2.27. The van der Waals surface area contributed by atoms with Gasteiger partial charge in [-0.3, -0.25) is 0 Å². The summed E-state index contributed by atoms with van der Waals surface area (Å²) in [4.78, 5) is 29.2. The average Bonchev–Trinajstić information content (AvgIpc) is 2.91. The largest absolute Gasteiger partial charge is 0.463 e. The van der Waals surface area contributed by atoms with Crippen molar-refractivity contribution in [1.82, 2.24) is 5.06 Å². The number of carbonyl (C=O) groups is 2. The maximum Gasteiger partial charge on any atom is 0.357 e. The number of hydrogen-bond donors (Lipinski definition) is 0. The van der Waals surface area contributed by atoms with Crippen molar-refractivity contribution in [3.05, 3.63) is 47.0 Å². The Bertz CT molecular complexity index is 551. The monoisotopic (exact) mass is 289 g/mol. The number of hydrogen-bond acceptors (Lipinski definition) is 5. The van der Waals surface area contributed by atoms with Crippen LogP contribution in [0.3, 0.4) is 0 Å². The molecule has 0 atom stereocenters. The van der Waals surface area contributed by atoms with Gasteiger partial charge in [0.05, 0.1) is 30.8 Å². The average molecular weight is 289 g/mol. The summed E-state index contributed by atoms with van der Waals surface area (Å²) in [6.45, 7) is 4.80. The summed E-state index contributed by atoms with van der Waals surface area (Å²) in [6, 6.07) is 8.78. The van der Waals surface area contributed by atoms with Gasteiger partial charge in [0.25, 0.3) is 0 Å². The van der Waals surface area contributed by atoms with Gasteiger partial charge in [0.1, 0.15) is 0 Å². The van der Waals surface area contributed by atoms with Gasteiger partial charge >= 0.3 is 11.9 Å². The van der Waals surface area contributed by atoms with E-state index >= 15 is 0 Å². The van der Waals surface area contributed by atoms with Gasteiger partial charge in [-0.25, -0.2) is 9.59 Å². The maximum atomic E-state index is 12.0. The first-order chi connectivity index (χ1) is 10.2. The van der Waals surface area contributed by atoms with Gasteiger partial charge in [-0.05, 0) is 31.1 Å². The standard InChI is InChI=1S/C16H19NO4/c1-3-12-10-17(11-14(12)16(19)20-4-2)21-15(18)13-8-6-5-7-9-13/h5-9H,3-4,10-11H2,1-2H3. The molecule has 0 spiro atoms. The number of ether oxygens (including phenoxy) is 1. The molecule has 0 bridgehead atoms. The predicted molar refractivity (Wildman–Crippen MR) is 77.4 cm³/mol. The van der Waals surface area contributed by atoms with E-state index in [4.69, 9.17) is 9.57 Å². The number of benzene rings is 1. The number of hydroxylamine groups is 2. The summed E-state index contributed by atoms with van der Waals surface area (Å²) in [7, 11) is 0. The molecule has 0 unspecified atom stereocenters. The minimum absolute atomic E-state index is 0.278. The Labute approximate surface area is 124 Å². The lowest BCUT2D eigenvalue weighted by Gasteiger charge is -2.15. The normalized spacial score (nSPS) is 15.1. The van der Waals surface area contributed by atoms with Gasteiger partial charge in [-0.1, -0.05) is 25.1 Å². The van der Waals surface area contributed by atoms with E-state index in [-0.39, 0.29) is 12.5 Å². The first-order valence-electron chi connectivity index (χ1n) is 7.06. The zero-order chi connectivity index (χ0) is 15.2. The minimum Gasteiger partial charge on any atom is -0.463 e. The Kier molecular flexibility index (Phi) is 5.11. The minimum atomic E-state index is -0.420. The van der Waals surface area contributed by atoms with E-state index in [1.807, 2.05) is 13.0 Å². The Morgan fingerprint density at radius 1 is 1.10 bits per heavy atom. The SMILES string of the molecule is CCOC(=O)C1=C(CC)CN(OC(=O)c2ccccc2)C1. The molecule has 2 rings (SSSR count). The van der Waals surface area contributed by atoms with Crippen LogP contribution in [-0.4, -0.2) is 36.7 Å². The van der Waals surface area contributed by atoms with Crippen LogP contribution in [0, 0.1) is 0 Å². The summed E-state index contributed by atoms with van der Waals surface area (Å²) in [5, 5.41) is 1.50. The van der Waals surface area contributed by atoms with Crippen molar-refractivity contribution in [3.63, 3.8) is 0 Å². The molecule has 0 saturated carbocycles. The molecule has 1 aromatic rings. The fraction of sp³-hybridized carbons (Fsp3) is 0.375. The third-order valence-electron chi connectivity index (χ3n) is 3.30. The van der Waals surface area contributed by atoms with Gasteiger partial charge in [-0.15, -0.1) is 5.06 Å². The first-order valence-corrected chi connectivity index (χ1v) is 7.06. The summed E-state index contributed by atoms with van der Waals surface area (Å²) in [5.41, 5.74) is 2.04. The molecular weight excluding hydrogens is 270 g/mol. The lowest BCUT2D eigenvalue weighted by molar-refractivity contribution is -0.140. The molecule has 5 nitrogen and oxygen atoms in total. The first kappa shape index (κ1) is 15.3. The topological polar surface area (TPSA) is 55.8 Å². The molecule has 1 aliphatic rings. The van der Waals surface area contributed by atoms with E-state index < -0.39 is 5.97 Å². The molecule has 0 amide bonds. The molecule has 112 valence electrons. The summed E-state index contributed by atoms with van der Waals surface area (Å²) in [6.07, 6.45) is 0.730. The molecule has 0 fully saturated rings. The maximum absolute atomic E-state index is 12.0. The van der Waals surface area contributed by atoms with Gasteiger partial charge in [0, 0.05) is 0 Å². The van der Waals surface area contributed by atoms with Crippen molar-refractivity contribution in [2.75, 3.05) is 19.7 Å². The number of carbonyl (C=O) groups excluding carboxylic acids is 2. The highest BCUT2D eigenvalue weighted by molar-refractivity contribution is 5.91. The van der Waals surface area contributed by atoms with Crippen LogP contribution in [0.15, 0.2) is 41.5 Å². The van der Waals surface area contributed by atoms with E-state index in [9.17, 15) is 9.59 Å². The molecular formula is C16H19NO4. The second kappa shape index (κ2) is 7.04. The molecule has 0 saturated heterocycles. The third-order valence-corrected chi connectivity index (χ3v) is 3.30. The number of esters is 1. The second-order valence-corrected chi connectivity index (χ2v) is 4.70. The van der Waals surface area contributed by atoms with Crippen molar-refractivity contribution in [3.8, 4) is 0 Å². The molecule has 5 heteroatoms. The molecule has 0 aliphatic carbocycles. The Hall–Kier alpha value is -2.14. The van der Waals surface area contributed by atoms with Crippen molar-refractivity contribution in [1.29, 1.82) is 0 Å². The highest BCUT2D eigenvalue weighted by atomic mass is 16.7. The summed E-state index contributed by atoms with van der Waals surface area (Å²) in [5.74, 6) is -0.747. The number of rotatable bonds is 5. The fourth-order valence-electron chi connectivity index (χ4n) is 2.21. The molecule has 0 radical (unpaired) electrons. The van der Waals surface area contributed by atoms with Crippen LogP contribution < -0.4 is 0 Å². The second-order valence-electron chi connectivity index (χ2n) is 4.70. The van der Waals surface area contributed by atoms with Crippen LogP contribution in [-0.2, 0) is 14.4 Å². The Balaban J connectivity index is 1.99. The molecule has 1 aliphatic heterocycles. The van der Waals surface area contributed by atoms with Gasteiger partial charge in [-0.2, -0.15) is 0 Å². The number of nitrogens with zero attached hydrogens (tertiary/aromatic N) is 1. The molecule has 1 heterocycles. The van der Waals surface area contributed by atoms with Crippen molar-refractivity contribution >= 4 is 11.9 Å². The van der Waals surface area contributed by atoms with Gasteiger partial charge in [0.2, 0.25) is 0 Å². The van der Waals surface area contributed by atoms with Crippen LogP contribution >= 0.6 is 0 Å². The van der Waals surface area contributed by atoms with Crippen LogP contribution in [0.25, 0.3) is 0 Å². The van der Waals surface area contributed by atoms with Gasteiger partial charge in [0.15, 0.2) is 0 Å². The third kappa shape index (κ3) is 3.70. The van der Waals surface area contributed by atoms with E-state index in [1.165, 1.54) is 5.06 Å². The smallest absolute Gasteiger partial charge is 0.357 e. The fourth-order valence-corrected chi connectivity index (χ4v) is 2.21. The molecule has 0 N–H and O–H groups in total. The summed E-state index contributed by atoms with van der Waals surface area (Å²) >= 11 is 0. The molecule has 1 aromatic carbocycles. The van der Waals surface area contributed by atoms with Crippen LogP contribution in [0.5, 0.6) is 0 Å². The zero-order valence-corrected chi connectivity index (χ0v) is 12.3.